The topological polar surface area (TPSA) is 124 Å². The Kier molecular flexibility index (Phi) is 9.71. The number of ether oxygens (including phenoxy) is 4. The second kappa shape index (κ2) is 13.8. The van der Waals surface area contributed by atoms with E-state index in [1.807, 2.05) is 37.3 Å². The Labute approximate surface area is 254 Å². The number of rotatable bonds is 13. The second-order valence-corrected chi connectivity index (χ2v) is 10.7. The lowest BCUT2D eigenvalue weighted by Gasteiger charge is -2.20. The van der Waals surface area contributed by atoms with E-state index in [1.54, 1.807) is 24.5 Å². The average Bonchev–Trinajstić information content (AvgIpc) is 3.45. The quantitative estimate of drug-likeness (QED) is 0.193. The lowest BCUT2D eigenvalue weighted by molar-refractivity contribution is -0.137. The molecular formula is C32H34ClN3O7. The van der Waals surface area contributed by atoms with Crippen molar-refractivity contribution in [2.45, 2.75) is 46.2 Å². The van der Waals surface area contributed by atoms with Crippen molar-refractivity contribution in [1.82, 2.24) is 15.1 Å². The summed E-state index contributed by atoms with van der Waals surface area (Å²) >= 11 is 6.67. The summed E-state index contributed by atoms with van der Waals surface area (Å²) in [7, 11) is 0. The zero-order valence-electron chi connectivity index (χ0n) is 24.0. The van der Waals surface area contributed by atoms with E-state index in [9.17, 15) is 9.90 Å². The molecular weight excluding hydrogens is 574 g/mol. The molecule has 1 aliphatic heterocycles. The molecule has 3 aromatic carbocycles. The molecule has 0 bridgehead atoms. The molecule has 11 heteroatoms. The maximum Gasteiger partial charge on any atom is 0.325 e. The molecule has 0 aliphatic carbocycles. The molecule has 0 spiro atoms. The molecule has 0 amide bonds. The molecule has 226 valence electrons. The van der Waals surface area contributed by atoms with E-state index in [0.717, 1.165) is 39.3 Å². The van der Waals surface area contributed by atoms with Gasteiger partial charge in [-0.15, -0.1) is 0 Å². The Hall–Kier alpha value is -4.25. The lowest BCUT2D eigenvalue weighted by Crippen LogP contribution is -2.28. The number of aliphatic carboxylic acids is 1. The van der Waals surface area contributed by atoms with Gasteiger partial charge in [-0.2, -0.15) is 5.10 Å². The Morgan fingerprint density at radius 1 is 1.07 bits per heavy atom. The van der Waals surface area contributed by atoms with E-state index < -0.39 is 5.97 Å². The van der Waals surface area contributed by atoms with Gasteiger partial charge in [0.1, 0.15) is 44.5 Å². The standard InChI is InChI=1S/C32H34ClN3O7/c1-20(17-37)34-14-25-10-27(33)30(12-29(25)42-18-22-13-35-36(15-22)16-32(38)39)43-19-24-4-3-5-26(21(24)2)23-6-7-28-31(11-23)41-9-8-40-28/h3-7,10-13,15,20,34,37H,8-9,14,16-19H2,1-2H3,(H,38,39). The van der Waals surface area contributed by atoms with Crippen LogP contribution in [0.25, 0.3) is 11.1 Å². The van der Waals surface area contributed by atoms with E-state index in [2.05, 4.69) is 23.4 Å². The van der Waals surface area contributed by atoms with Crippen molar-refractivity contribution in [3.63, 3.8) is 0 Å². The van der Waals surface area contributed by atoms with Crippen LogP contribution in [0.2, 0.25) is 5.02 Å². The normalized spacial score (nSPS) is 13.0. The number of nitrogens with zero attached hydrogens (tertiary/aromatic N) is 2. The first kappa shape index (κ1) is 30.2. The van der Waals surface area contributed by atoms with Crippen molar-refractivity contribution in [2.75, 3.05) is 19.8 Å². The van der Waals surface area contributed by atoms with Crippen molar-refractivity contribution in [2.24, 2.45) is 0 Å². The first-order valence-corrected chi connectivity index (χ1v) is 14.3. The maximum atomic E-state index is 11.0. The molecule has 3 N–H and O–H groups in total. The summed E-state index contributed by atoms with van der Waals surface area (Å²) < 4.78 is 25.1. The highest BCUT2D eigenvalue weighted by Gasteiger charge is 2.16. The van der Waals surface area contributed by atoms with Crippen LogP contribution in [0.15, 0.2) is 60.9 Å². The number of carbonyl (C=O) groups is 1. The number of aliphatic hydroxyl groups is 1. The summed E-state index contributed by atoms with van der Waals surface area (Å²) in [6, 6.07) is 15.5. The van der Waals surface area contributed by atoms with Gasteiger partial charge >= 0.3 is 5.97 Å². The van der Waals surface area contributed by atoms with Crippen molar-refractivity contribution in [3.8, 4) is 34.1 Å². The minimum atomic E-state index is -0.978. The van der Waals surface area contributed by atoms with Crippen LogP contribution in [0.3, 0.4) is 0 Å². The van der Waals surface area contributed by atoms with Gasteiger partial charge in [0.2, 0.25) is 0 Å². The van der Waals surface area contributed by atoms with Crippen LogP contribution < -0.4 is 24.3 Å². The molecule has 0 saturated carbocycles. The van der Waals surface area contributed by atoms with Crippen LogP contribution in [0, 0.1) is 6.92 Å². The minimum Gasteiger partial charge on any atom is -0.488 e. The van der Waals surface area contributed by atoms with Crippen LogP contribution in [-0.2, 0) is 31.1 Å². The number of hydrogen-bond donors (Lipinski definition) is 3. The SMILES string of the molecule is Cc1c(COc2cc(OCc3cnn(CC(=O)O)c3)c(CNC(C)CO)cc2Cl)cccc1-c1ccc2c(c1)OCCO2. The summed E-state index contributed by atoms with van der Waals surface area (Å²) in [6.45, 7) is 5.61. The van der Waals surface area contributed by atoms with Crippen molar-refractivity contribution >= 4 is 17.6 Å². The fourth-order valence-corrected chi connectivity index (χ4v) is 4.93. The molecule has 0 fully saturated rings. The fraction of sp³-hybridized carbons (Fsp3) is 0.312. The highest BCUT2D eigenvalue weighted by molar-refractivity contribution is 6.32. The van der Waals surface area contributed by atoms with Gasteiger partial charge < -0.3 is 34.5 Å². The Morgan fingerprint density at radius 3 is 2.65 bits per heavy atom. The number of benzene rings is 3. The molecule has 1 unspecified atom stereocenters. The number of fused-ring (bicyclic) bond motifs is 1. The summed E-state index contributed by atoms with van der Waals surface area (Å²) in [5.41, 5.74) is 5.66. The summed E-state index contributed by atoms with van der Waals surface area (Å²) in [5.74, 6) is 1.51. The Bertz CT molecular complexity index is 1590. The Balaban J connectivity index is 1.34. The maximum absolute atomic E-state index is 11.0. The largest absolute Gasteiger partial charge is 0.488 e. The Morgan fingerprint density at radius 2 is 1.86 bits per heavy atom. The number of carboxylic acid groups (broad SMARTS) is 1. The number of nitrogens with one attached hydrogen (secondary N) is 1. The smallest absolute Gasteiger partial charge is 0.325 e. The van der Waals surface area contributed by atoms with Gasteiger partial charge in [-0.3, -0.25) is 9.48 Å². The van der Waals surface area contributed by atoms with Crippen molar-refractivity contribution in [3.05, 3.63) is 88.2 Å². The van der Waals surface area contributed by atoms with Crippen LogP contribution in [0.1, 0.15) is 29.2 Å². The van der Waals surface area contributed by atoms with E-state index in [4.69, 9.17) is 35.7 Å². The lowest BCUT2D eigenvalue weighted by atomic mass is 9.96. The third-order valence-electron chi connectivity index (χ3n) is 7.09. The van der Waals surface area contributed by atoms with E-state index in [-0.39, 0.29) is 32.4 Å². The third-order valence-corrected chi connectivity index (χ3v) is 7.39. The molecule has 1 atom stereocenters. The zero-order chi connectivity index (χ0) is 30.3. The van der Waals surface area contributed by atoms with Gasteiger partial charge in [-0.1, -0.05) is 35.9 Å². The first-order valence-electron chi connectivity index (χ1n) is 13.9. The second-order valence-electron chi connectivity index (χ2n) is 10.3. The van der Waals surface area contributed by atoms with Gasteiger partial charge in [-0.25, -0.2) is 0 Å². The number of aliphatic hydroxyl groups excluding tert-OH is 1. The van der Waals surface area contributed by atoms with Gasteiger partial charge in [0.25, 0.3) is 0 Å². The van der Waals surface area contributed by atoms with Crippen LogP contribution in [0.4, 0.5) is 0 Å². The molecule has 1 aromatic heterocycles. The predicted octanol–water partition coefficient (Wildman–Crippen LogP) is 5.00. The minimum absolute atomic E-state index is 0.0153. The van der Waals surface area contributed by atoms with Gasteiger partial charge in [0.15, 0.2) is 11.5 Å². The third kappa shape index (κ3) is 7.59. The molecule has 0 saturated heterocycles. The van der Waals surface area contributed by atoms with Gasteiger partial charge in [-0.05, 0) is 54.3 Å². The monoisotopic (exact) mass is 607 g/mol. The van der Waals surface area contributed by atoms with Gasteiger partial charge in [0, 0.05) is 36.0 Å². The highest BCUT2D eigenvalue weighted by Crippen LogP contribution is 2.37. The summed E-state index contributed by atoms with van der Waals surface area (Å²) in [4.78, 5) is 11.0. The van der Waals surface area contributed by atoms with E-state index >= 15 is 0 Å². The van der Waals surface area contributed by atoms with Crippen molar-refractivity contribution < 1.29 is 34.0 Å². The van der Waals surface area contributed by atoms with Crippen molar-refractivity contribution in [1.29, 1.82) is 0 Å². The molecule has 4 aromatic rings. The number of halogens is 1. The average molecular weight is 608 g/mol. The molecule has 10 nitrogen and oxygen atoms in total. The predicted molar refractivity (Wildman–Crippen MR) is 161 cm³/mol. The number of aromatic nitrogens is 2. The number of carboxylic acids is 1. The van der Waals surface area contributed by atoms with Crippen LogP contribution >= 0.6 is 11.6 Å². The van der Waals surface area contributed by atoms with Crippen LogP contribution in [0.5, 0.6) is 23.0 Å². The van der Waals surface area contributed by atoms with E-state index in [1.165, 1.54) is 4.68 Å². The molecule has 5 rings (SSSR count). The molecule has 43 heavy (non-hydrogen) atoms. The van der Waals surface area contributed by atoms with Crippen LogP contribution in [-0.4, -0.2) is 51.8 Å². The number of hydrogen-bond acceptors (Lipinski definition) is 8. The van der Waals surface area contributed by atoms with E-state index in [0.29, 0.717) is 41.8 Å². The summed E-state index contributed by atoms with van der Waals surface area (Å²) in [6.07, 6.45) is 3.20. The highest BCUT2D eigenvalue weighted by atomic mass is 35.5. The molecule has 0 radical (unpaired) electrons. The zero-order valence-corrected chi connectivity index (χ0v) is 24.8. The molecule has 2 heterocycles. The summed E-state index contributed by atoms with van der Waals surface area (Å²) in [5, 5.41) is 26.2. The fourth-order valence-electron chi connectivity index (χ4n) is 4.69. The van der Waals surface area contributed by atoms with Gasteiger partial charge in [0.05, 0.1) is 17.8 Å². The molecule has 1 aliphatic rings. The first-order chi connectivity index (χ1) is 20.8.